The second-order valence-electron chi connectivity index (χ2n) is 9.84. The standard InChI is InChI=1S/C35H32N2O3/c1-24(2)28-15-12-27(13-16-28)23-32(37-34(39)30-10-5-4-6-11-30)35(40)36-31-19-17-29(18-20-31)33(38)21-14-26-9-7-8-25(3)22-26/h4-24H,1-3H3,(H,36,40)(H,37,39)/b21-14+,32-23-. The number of hydrogen-bond acceptors (Lipinski definition) is 3. The molecular formula is C35H32N2O3. The van der Waals surface area contributed by atoms with E-state index in [0.717, 1.165) is 16.7 Å². The first kappa shape index (κ1) is 28.0. The van der Waals surface area contributed by atoms with Crippen molar-refractivity contribution in [1.29, 1.82) is 0 Å². The molecule has 0 heterocycles. The molecule has 0 saturated heterocycles. The Morgan fingerprint density at radius 3 is 2.08 bits per heavy atom. The van der Waals surface area contributed by atoms with Crippen LogP contribution in [-0.2, 0) is 4.79 Å². The number of nitrogens with one attached hydrogen (secondary N) is 2. The van der Waals surface area contributed by atoms with Gasteiger partial charge in [0.05, 0.1) is 0 Å². The SMILES string of the molecule is Cc1cccc(/C=C/C(=O)c2ccc(NC(=O)/C(=C/c3ccc(C(C)C)cc3)NC(=O)c3ccccc3)cc2)c1. The molecule has 2 amide bonds. The number of carbonyl (C=O) groups is 3. The van der Waals surface area contributed by atoms with Crippen molar-refractivity contribution in [3.05, 3.63) is 148 Å². The summed E-state index contributed by atoms with van der Waals surface area (Å²) in [5, 5.41) is 5.58. The van der Waals surface area contributed by atoms with Crippen molar-refractivity contribution in [3.63, 3.8) is 0 Å². The van der Waals surface area contributed by atoms with Gasteiger partial charge in [-0.15, -0.1) is 0 Å². The van der Waals surface area contributed by atoms with Crippen LogP contribution in [0.5, 0.6) is 0 Å². The second-order valence-corrected chi connectivity index (χ2v) is 9.84. The molecule has 0 saturated carbocycles. The second kappa shape index (κ2) is 13.2. The van der Waals surface area contributed by atoms with Crippen molar-refractivity contribution >= 4 is 35.4 Å². The number of allylic oxidation sites excluding steroid dienone is 1. The molecule has 0 aromatic heterocycles. The number of rotatable bonds is 9. The van der Waals surface area contributed by atoms with Crippen LogP contribution in [0.3, 0.4) is 0 Å². The molecule has 0 radical (unpaired) electrons. The van der Waals surface area contributed by atoms with Crippen molar-refractivity contribution in [1.82, 2.24) is 5.32 Å². The van der Waals surface area contributed by atoms with E-state index in [0.29, 0.717) is 22.7 Å². The summed E-state index contributed by atoms with van der Waals surface area (Å²) in [4.78, 5) is 38.8. The fourth-order valence-corrected chi connectivity index (χ4v) is 4.04. The first-order chi connectivity index (χ1) is 19.3. The molecule has 5 nitrogen and oxygen atoms in total. The molecule has 0 aliphatic carbocycles. The van der Waals surface area contributed by atoms with E-state index in [1.807, 2.05) is 61.5 Å². The van der Waals surface area contributed by atoms with Crippen LogP contribution < -0.4 is 10.6 Å². The van der Waals surface area contributed by atoms with Gasteiger partial charge in [-0.1, -0.05) is 92.2 Å². The Bertz CT molecular complexity index is 1550. The summed E-state index contributed by atoms with van der Waals surface area (Å²) in [6.07, 6.45) is 4.96. The lowest BCUT2D eigenvalue weighted by Gasteiger charge is -2.12. The largest absolute Gasteiger partial charge is 0.321 e. The molecule has 0 aliphatic rings. The van der Waals surface area contributed by atoms with Gasteiger partial charge in [-0.05, 0) is 78.1 Å². The van der Waals surface area contributed by atoms with E-state index in [9.17, 15) is 14.4 Å². The summed E-state index contributed by atoms with van der Waals surface area (Å²) < 4.78 is 0. The van der Waals surface area contributed by atoms with Crippen molar-refractivity contribution in [2.45, 2.75) is 26.7 Å². The molecule has 40 heavy (non-hydrogen) atoms. The Hall–Kier alpha value is -5.03. The zero-order valence-corrected chi connectivity index (χ0v) is 22.8. The summed E-state index contributed by atoms with van der Waals surface area (Å²) in [7, 11) is 0. The normalized spacial score (nSPS) is 11.4. The Morgan fingerprint density at radius 1 is 0.725 bits per heavy atom. The van der Waals surface area contributed by atoms with Crippen molar-refractivity contribution < 1.29 is 14.4 Å². The number of ketones is 1. The molecule has 2 N–H and O–H groups in total. The highest BCUT2D eigenvalue weighted by molar-refractivity contribution is 6.11. The minimum atomic E-state index is -0.476. The van der Waals surface area contributed by atoms with Gasteiger partial charge in [0.1, 0.15) is 5.70 Å². The van der Waals surface area contributed by atoms with Gasteiger partial charge in [0.25, 0.3) is 11.8 Å². The van der Waals surface area contributed by atoms with E-state index in [2.05, 4.69) is 24.5 Å². The predicted octanol–water partition coefficient (Wildman–Crippen LogP) is 7.42. The molecule has 200 valence electrons. The van der Waals surface area contributed by atoms with E-state index in [1.54, 1.807) is 60.7 Å². The van der Waals surface area contributed by atoms with Crippen LogP contribution in [0.2, 0.25) is 0 Å². The zero-order valence-electron chi connectivity index (χ0n) is 22.8. The summed E-state index contributed by atoms with van der Waals surface area (Å²) in [5.41, 5.74) is 5.58. The van der Waals surface area contributed by atoms with Crippen molar-refractivity contribution in [2.24, 2.45) is 0 Å². The molecule has 0 atom stereocenters. The van der Waals surface area contributed by atoms with Gasteiger partial charge in [0, 0.05) is 16.8 Å². The smallest absolute Gasteiger partial charge is 0.272 e. The average molecular weight is 529 g/mol. The molecule has 0 fully saturated rings. The van der Waals surface area contributed by atoms with Gasteiger partial charge in [-0.3, -0.25) is 14.4 Å². The average Bonchev–Trinajstić information content (AvgIpc) is 2.96. The van der Waals surface area contributed by atoms with E-state index in [-0.39, 0.29) is 17.4 Å². The number of anilines is 1. The predicted molar refractivity (Wildman–Crippen MR) is 162 cm³/mol. The van der Waals surface area contributed by atoms with E-state index in [1.165, 1.54) is 11.6 Å². The van der Waals surface area contributed by atoms with Gasteiger partial charge in [-0.25, -0.2) is 0 Å². The molecule has 0 spiro atoms. The van der Waals surface area contributed by atoms with Gasteiger partial charge in [0.15, 0.2) is 5.78 Å². The number of hydrogen-bond donors (Lipinski definition) is 2. The zero-order chi connectivity index (χ0) is 28.5. The highest BCUT2D eigenvalue weighted by Crippen LogP contribution is 2.18. The lowest BCUT2D eigenvalue weighted by atomic mass is 10.0. The third-order valence-electron chi connectivity index (χ3n) is 6.34. The third-order valence-corrected chi connectivity index (χ3v) is 6.34. The maximum absolute atomic E-state index is 13.3. The highest BCUT2D eigenvalue weighted by Gasteiger charge is 2.15. The molecule has 0 unspecified atom stereocenters. The topological polar surface area (TPSA) is 75.3 Å². The maximum Gasteiger partial charge on any atom is 0.272 e. The highest BCUT2D eigenvalue weighted by atomic mass is 16.2. The van der Waals surface area contributed by atoms with Gasteiger partial charge < -0.3 is 10.6 Å². The Balaban J connectivity index is 1.50. The molecule has 4 aromatic rings. The van der Waals surface area contributed by atoms with Crippen molar-refractivity contribution in [2.75, 3.05) is 5.32 Å². The Morgan fingerprint density at radius 2 is 1.43 bits per heavy atom. The third kappa shape index (κ3) is 7.74. The van der Waals surface area contributed by atoms with E-state index >= 15 is 0 Å². The summed E-state index contributed by atoms with van der Waals surface area (Å²) >= 11 is 0. The number of benzene rings is 4. The first-order valence-electron chi connectivity index (χ1n) is 13.2. The van der Waals surface area contributed by atoms with E-state index in [4.69, 9.17) is 0 Å². The summed E-state index contributed by atoms with van der Waals surface area (Å²) in [6, 6.07) is 31.1. The van der Waals surface area contributed by atoms with Crippen LogP contribution in [0.15, 0.2) is 115 Å². The van der Waals surface area contributed by atoms with Crippen LogP contribution in [0.25, 0.3) is 12.2 Å². The molecule has 4 rings (SSSR count). The van der Waals surface area contributed by atoms with Crippen LogP contribution in [0, 0.1) is 6.92 Å². The monoisotopic (exact) mass is 528 g/mol. The van der Waals surface area contributed by atoms with Gasteiger partial charge >= 0.3 is 0 Å². The van der Waals surface area contributed by atoms with Crippen LogP contribution in [0.4, 0.5) is 5.69 Å². The van der Waals surface area contributed by atoms with E-state index < -0.39 is 5.91 Å². The minimum absolute atomic E-state index is 0.104. The van der Waals surface area contributed by atoms with Crippen LogP contribution >= 0.6 is 0 Å². The van der Waals surface area contributed by atoms with Crippen LogP contribution in [0.1, 0.15) is 62.7 Å². The quantitative estimate of drug-likeness (QED) is 0.175. The molecular weight excluding hydrogens is 496 g/mol. The molecule has 0 aliphatic heterocycles. The molecule has 0 bridgehead atoms. The lowest BCUT2D eigenvalue weighted by molar-refractivity contribution is -0.113. The Kier molecular flexibility index (Phi) is 9.21. The maximum atomic E-state index is 13.3. The Labute approximate surface area is 235 Å². The van der Waals surface area contributed by atoms with Gasteiger partial charge in [-0.2, -0.15) is 0 Å². The molecule has 4 aromatic carbocycles. The first-order valence-corrected chi connectivity index (χ1v) is 13.2. The number of aryl methyl sites for hydroxylation is 1. The number of carbonyl (C=O) groups excluding carboxylic acids is 3. The minimum Gasteiger partial charge on any atom is -0.321 e. The van der Waals surface area contributed by atoms with Crippen molar-refractivity contribution in [3.8, 4) is 0 Å². The lowest BCUT2D eigenvalue weighted by Crippen LogP contribution is -2.30. The fraction of sp³-hybridized carbons (Fsp3) is 0.114. The van der Waals surface area contributed by atoms with Gasteiger partial charge in [0.2, 0.25) is 0 Å². The fourth-order valence-electron chi connectivity index (χ4n) is 4.04. The van der Waals surface area contributed by atoms with Crippen LogP contribution in [-0.4, -0.2) is 17.6 Å². The number of amides is 2. The summed E-state index contributed by atoms with van der Waals surface area (Å²) in [5.74, 6) is -0.621. The summed E-state index contributed by atoms with van der Waals surface area (Å²) in [6.45, 7) is 6.23. The molecule has 5 heteroatoms.